The summed E-state index contributed by atoms with van der Waals surface area (Å²) in [6.45, 7) is 4.80. The SMILES string of the molecule is Cc1nn(C)c(C)c1S(=O)(=O)N1CCCN(C(=O)c2cc(Br)ccc2Cl)CC1. The van der Waals surface area contributed by atoms with Crippen molar-refractivity contribution in [2.75, 3.05) is 26.2 Å². The number of rotatable bonds is 3. The van der Waals surface area contributed by atoms with Gasteiger partial charge in [-0.2, -0.15) is 9.40 Å². The summed E-state index contributed by atoms with van der Waals surface area (Å²) >= 11 is 9.54. The molecule has 7 nitrogen and oxygen atoms in total. The number of halogens is 2. The normalized spacial score (nSPS) is 16.2. The molecule has 0 unspecified atom stereocenters. The summed E-state index contributed by atoms with van der Waals surface area (Å²) in [5.41, 5.74) is 1.50. The van der Waals surface area contributed by atoms with E-state index in [2.05, 4.69) is 21.0 Å². The maximum Gasteiger partial charge on any atom is 0.255 e. The van der Waals surface area contributed by atoms with Crippen molar-refractivity contribution in [3.8, 4) is 0 Å². The Labute approximate surface area is 178 Å². The van der Waals surface area contributed by atoms with Crippen molar-refractivity contribution < 1.29 is 13.2 Å². The monoisotopic (exact) mass is 488 g/mol. The fraction of sp³-hybridized carbons (Fsp3) is 0.444. The molecule has 0 saturated carbocycles. The van der Waals surface area contributed by atoms with Gasteiger partial charge in [-0.15, -0.1) is 0 Å². The first-order valence-corrected chi connectivity index (χ1v) is 11.5. The number of hydrogen-bond acceptors (Lipinski definition) is 4. The number of aryl methyl sites for hydroxylation is 2. The maximum atomic E-state index is 13.2. The van der Waals surface area contributed by atoms with Crippen molar-refractivity contribution in [2.45, 2.75) is 25.2 Å². The van der Waals surface area contributed by atoms with Crippen LogP contribution in [0.25, 0.3) is 0 Å². The molecule has 1 aliphatic rings. The predicted octanol–water partition coefficient (Wildman–Crippen LogP) is 2.99. The van der Waals surface area contributed by atoms with Gasteiger partial charge in [0.05, 0.1) is 22.0 Å². The van der Waals surface area contributed by atoms with Crippen molar-refractivity contribution in [3.63, 3.8) is 0 Å². The first-order valence-electron chi connectivity index (χ1n) is 8.87. The molecule has 0 N–H and O–H groups in total. The first kappa shape index (κ1) is 21.3. The molecule has 152 valence electrons. The number of hydrogen-bond donors (Lipinski definition) is 0. The molecule has 2 aromatic rings. The van der Waals surface area contributed by atoms with Gasteiger partial charge in [-0.3, -0.25) is 9.48 Å². The number of nitrogens with zero attached hydrogens (tertiary/aromatic N) is 4. The van der Waals surface area contributed by atoms with Gasteiger partial charge in [0, 0.05) is 37.7 Å². The molecule has 0 bridgehead atoms. The number of carbonyl (C=O) groups is 1. The standard InChI is InChI=1S/C18H22BrClN4O3S/c1-12-17(13(2)22(3)21-12)28(26,27)24-8-4-7-23(9-10-24)18(25)15-11-14(19)5-6-16(15)20/h5-6,11H,4,7-10H2,1-3H3. The van der Waals surface area contributed by atoms with Gasteiger partial charge >= 0.3 is 0 Å². The minimum Gasteiger partial charge on any atom is -0.337 e. The molecule has 1 aromatic heterocycles. The Hall–Kier alpha value is -1.42. The molecular weight excluding hydrogens is 468 g/mol. The van der Waals surface area contributed by atoms with E-state index >= 15 is 0 Å². The van der Waals surface area contributed by atoms with Crippen LogP contribution in [-0.4, -0.2) is 59.5 Å². The van der Waals surface area contributed by atoms with Gasteiger partial charge in [0.1, 0.15) is 4.90 Å². The average molecular weight is 490 g/mol. The molecule has 1 fully saturated rings. The molecule has 3 rings (SSSR count). The Morgan fingerprint density at radius 2 is 1.89 bits per heavy atom. The Morgan fingerprint density at radius 1 is 1.18 bits per heavy atom. The summed E-state index contributed by atoms with van der Waals surface area (Å²) in [7, 11) is -1.95. The Morgan fingerprint density at radius 3 is 2.54 bits per heavy atom. The molecular formula is C18H22BrClN4O3S. The second-order valence-corrected chi connectivity index (χ2v) is 10.00. The largest absolute Gasteiger partial charge is 0.337 e. The van der Waals surface area contributed by atoms with Crippen LogP contribution < -0.4 is 0 Å². The highest BCUT2D eigenvalue weighted by Crippen LogP contribution is 2.26. The third kappa shape index (κ3) is 3.98. The van der Waals surface area contributed by atoms with E-state index in [-0.39, 0.29) is 17.3 Å². The van der Waals surface area contributed by atoms with Crippen molar-refractivity contribution in [2.24, 2.45) is 7.05 Å². The van der Waals surface area contributed by atoms with Crippen LogP contribution in [0.5, 0.6) is 0 Å². The zero-order valence-electron chi connectivity index (χ0n) is 15.9. The second kappa shape index (κ2) is 8.14. The number of benzene rings is 1. The molecule has 0 radical (unpaired) electrons. The lowest BCUT2D eigenvalue weighted by Gasteiger charge is -2.22. The molecule has 0 atom stereocenters. The van der Waals surface area contributed by atoms with Crippen LogP contribution in [0.1, 0.15) is 28.2 Å². The number of aromatic nitrogens is 2. The summed E-state index contributed by atoms with van der Waals surface area (Å²) in [6.07, 6.45) is 0.551. The number of amides is 1. The third-order valence-corrected chi connectivity index (χ3v) is 7.92. The zero-order chi connectivity index (χ0) is 20.6. The van der Waals surface area contributed by atoms with Crippen molar-refractivity contribution in [3.05, 3.63) is 44.6 Å². The van der Waals surface area contributed by atoms with Gasteiger partial charge in [0.2, 0.25) is 10.0 Å². The van der Waals surface area contributed by atoms with Crippen LogP contribution in [0.3, 0.4) is 0 Å². The summed E-state index contributed by atoms with van der Waals surface area (Å²) in [5.74, 6) is -0.195. The van der Waals surface area contributed by atoms with Crippen LogP contribution in [-0.2, 0) is 17.1 Å². The fourth-order valence-corrected chi connectivity index (χ4v) is 5.85. The van der Waals surface area contributed by atoms with E-state index in [0.717, 1.165) is 4.47 Å². The smallest absolute Gasteiger partial charge is 0.255 e. The highest BCUT2D eigenvalue weighted by Gasteiger charge is 2.33. The highest BCUT2D eigenvalue weighted by molar-refractivity contribution is 9.10. The third-order valence-electron chi connectivity index (χ3n) is 4.94. The van der Waals surface area contributed by atoms with Crippen LogP contribution in [0.4, 0.5) is 0 Å². The molecule has 1 amide bonds. The maximum absolute atomic E-state index is 13.2. The van der Waals surface area contributed by atoms with Gasteiger partial charge < -0.3 is 4.90 Å². The van der Waals surface area contributed by atoms with E-state index in [9.17, 15) is 13.2 Å². The lowest BCUT2D eigenvalue weighted by molar-refractivity contribution is 0.0764. The molecule has 10 heteroatoms. The first-order chi connectivity index (χ1) is 13.1. The quantitative estimate of drug-likeness (QED) is 0.664. The van der Waals surface area contributed by atoms with Gasteiger partial charge in [0.15, 0.2) is 0 Å². The number of sulfonamides is 1. The summed E-state index contributed by atoms with van der Waals surface area (Å²) < 4.78 is 30.1. The van der Waals surface area contributed by atoms with E-state index in [1.807, 2.05) is 0 Å². The van der Waals surface area contributed by atoms with Crippen molar-refractivity contribution >= 4 is 43.5 Å². The zero-order valence-corrected chi connectivity index (χ0v) is 19.1. The molecule has 28 heavy (non-hydrogen) atoms. The van der Waals surface area contributed by atoms with E-state index < -0.39 is 10.0 Å². The van der Waals surface area contributed by atoms with Crippen LogP contribution >= 0.6 is 27.5 Å². The Bertz CT molecular complexity index is 1020. The molecule has 1 saturated heterocycles. The van der Waals surface area contributed by atoms with E-state index in [4.69, 9.17) is 11.6 Å². The van der Waals surface area contributed by atoms with Gasteiger partial charge in [-0.05, 0) is 38.5 Å². The van der Waals surface area contributed by atoms with Crippen LogP contribution in [0.2, 0.25) is 5.02 Å². The minimum atomic E-state index is -3.68. The van der Waals surface area contributed by atoms with E-state index in [1.165, 1.54) is 4.31 Å². The fourth-order valence-electron chi connectivity index (χ4n) is 3.43. The summed E-state index contributed by atoms with van der Waals surface area (Å²) in [4.78, 5) is 14.8. The van der Waals surface area contributed by atoms with Gasteiger partial charge in [-0.25, -0.2) is 8.42 Å². The van der Waals surface area contributed by atoms with Crippen molar-refractivity contribution in [1.82, 2.24) is 19.0 Å². The minimum absolute atomic E-state index is 0.195. The second-order valence-electron chi connectivity index (χ2n) is 6.80. The van der Waals surface area contributed by atoms with Crippen LogP contribution in [0, 0.1) is 13.8 Å². The Kier molecular flexibility index (Phi) is 6.19. The summed E-state index contributed by atoms with van der Waals surface area (Å²) in [6, 6.07) is 5.13. The van der Waals surface area contributed by atoms with E-state index in [1.54, 1.807) is 48.7 Å². The molecule has 1 aliphatic heterocycles. The Balaban J connectivity index is 1.81. The molecule has 0 aliphatic carbocycles. The summed E-state index contributed by atoms with van der Waals surface area (Å²) in [5, 5.41) is 4.60. The van der Waals surface area contributed by atoms with E-state index in [0.29, 0.717) is 48.0 Å². The topological polar surface area (TPSA) is 75.5 Å². The average Bonchev–Trinajstić information content (AvgIpc) is 2.82. The molecule has 0 spiro atoms. The van der Waals surface area contributed by atoms with Crippen molar-refractivity contribution in [1.29, 1.82) is 0 Å². The molecule has 2 heterocycles. The van der Waals surface area contributed by atoms with Crippen LogP contribution in [0.15, 0.2) is 27.6 Å². The molecule has 1 aromatic carbocycles. The van der Waals surface area contributed by atoms with Gasteiger partial charge in [0.25, 0.3) is 5.91 Å². The lowest BCUT2D eigenvalue weighted by Crippen LogP contribution is -2.37. The number of carbonyl (C=O) groups excluding carboxylic acids is 1. The lowest BCUT2D eigenvalue weighted by atomic mass is 10.2. The highest BCUT2D eigenvalue weighted by atomic mass is 79.9. The predicted molar refractivity (Wildman–Crippen MR) is 111 cm³/mol. The van der Waals surface area contributed by atoms with Gasteiger partial charge in [-0.1, -0.05) is 27.5 Å².